The highest BCUT2D eigenvalue weighted by Gasteiger charge is 2.45. The molecular formula is C15H29N3O. The van der Waals surface area contributed by atoms with E-state index in [2.05, 4.69) is 35.9 Å². The van der Waals surface area contributed by atoms with Gasteiger partial charge >= 0.3 is 0 Å². The topological polar surface area (TPSA) is 27.7 Å². The van der Waals surface area contributed by atoms with Gasteiger partial charge in [0.2, 0.25) is 0 Å². The summed E-state index contributed by atoms with van der Waals surface area (Å²) in [5.74, 6) is 0. The zero-order chi connectivity index (χ0) is 13.4. The summed E-state index contributed by atoms with van der Waals surface area (Å²) in [5, 5.41) is 3.85. The summed E-state index contributed by atoms with van der Waals surface area (Å²) < 4.78 is 5.45. The highest BCUT2D eigenvalue weighted by molar-refractivity contribution is 5.05. The van der Waals surface area contributed by atoms with Crippen LogP contribution in [0.3, 0.4) is 0 Å². The van der Waals surface area contributed by atoms with Crippen LogP contribution in [0.15, 0.2) is 0 Å². The van der Waals surface area contributed by atoms with E-state index in [4.69, 9.17) is 4.74 Å². The normalized spacial score (nSPS) is 38.2. The lowest BCUT2D eigenvalue weighted by molar-refractivity contribution is 0.0134. The maximum Gasteiger partial charge on any atom is 0.0594 e. The molecule has 1 N–H and O–H groups in total. The first kappa shape index (κ1) is 13.8. The number of fused-ring (bicyclic) bond motifs is 2. The second-order valence-corrected chi connectivity index (χ2v) is 6.80. The number of morpholine rings is 1. The van der Waals surface area contributed by atoms with Crippen molar-refractivity contribution in [2.75, 3.05) is 32.8 Å². The van der Waals surface area contributed by atoms with Gasteiger partial charge in [0.1, 0.15) is 0 Å². The van der Waals surface area contributed by atoms with Crippen LogP contribution in [-0.2, 0) is 4.74 Å². The van der Waals surface area contributed by atoms with Crippen LogP contribution in [0.2, 0.25) is 0 Å². The summed E-state index contributed by atoms with van der Waals surface area (Å²) in [6, 6.07) is 3.58. The number of hydrogen-bond donors (Lipinski definition) is 1. The molecule has 4 atom stereocenters. The third kappa shape index (κ3) is 2.82. The number of nitrogens with one attached hydrogen (secondary N) is 1. The molecule has 0 aliphatic carbocycles. The first-order valence-electron chi connectivity index (χ1n) is 7.98. The first-order valence-corrected chi connectivity index (χ1v) is 7.98. The zero-order valence-corrected chi connectivity index (χ0v) is 12.6. The van der Waals surface area contributed by atoms with Gasteiger partial charge in [0, 0.05) is 49.8 Å². The maximum absolute atomic E-state index is 5.45. The molecule has 4 heteroatoms. The molecule has 3 aliphatic rings. The Morgan fingerprint density at radius 3 is 2.58 bits per heavy atom. The molecule has 0 saturated carbocycles. The van der Waals surface area contributed by atoms with Gasteiger partial charge in [-0.05, 0) is 33.6 Å². The van der Waals surface area contributed by atoms with Gasteiger partial charge in [-0.2, -0.15) is 0 Å². The summed E-state index contributed by atoms with van der Waals surface area (Å²) >= 11 is 0. The smallest absolute Gasteiger partial charge is 0.0594 e. The van der Waals surface area contributed by atoms with Gasteiger partial charge in [-0.15, -0.1) is 0 Å². The third-order valence-corrected chi connectivity index (χ3v) is 5.22. The predicted molar refractivity (Wildman–Crippen MR) is 77.4 cm³/mol. The minimum absolute atomic E-state index is 0.676. The van der Waals surface area contributed by atoms with Crippen molar-refractivity contribution in [3.63, 3.8) is 0 Å². The minimum atomic E-state index is 0.676. The quantitative estimate of drug-likeness (QED) is 0.820. The molecule has 3 fully saturated rings. The van der Waals surface area contributed by atoms with Gasteiger partial charge in [-0.25, -0.2) is 0 Å². The molecule has 3 aliphatic heterocycles. The van der Waals surface area contributed by atoms with Gasteiger partial charge in [0.15, 0.2) is 0 Å². The molecule has 3 saturated heterocycles. The summed E-state index contributed by atoms with van der Waals surface area (Å²) in [7, 11) is 0. The van der Waals surface area contributed by atoms with Gasteiger partial charge in [0.05, 0.1) is 13.2 Å². The van der Waals surface area contributed by atoms with Crippen LogP contribution in [0.4, 0.5) is 0 Å². The largest absolute Gasteiger partial charge is 0.379 e. The summed E-state index contributed by atoms with van der Waals surface area (Å²) in [6.07, 6.45) is 2.64. The summed E-state index contributed by atoms with van der Waals surface area (Å²) in [5.41, 5.74) is 0. The average Bonchev–Trinajstić information content (AvgIpc) is 2.99. The van der Waals surface area contributed by atoms with E-state index in [9.17, 15) is 0 Å². The van der Waals surface area contributed by atoms with Crippen molar-refractivity contribution >= 4 is 0 Å². The summed E-state index contributed by atoms with van der Waals surface area (Å²) in [6.45, 7) is 12.3. The SMILES string of the molecule is CC(CC1NC2CC1N(C(C)C)C2)N1CCOCC1. The minimum Gasteiger partial charge on any atom is -0.379 e. The lowest BCUT2D eigenvalue weighted by atomic mass is 10.00. The second kappa shape index (κ2) is 5.68. The van der Waals surface area contributed by atoms with Crippen molar-refractivity contribution in [3.8, 4) is 0 Å². The number of piperazine rings is 1. The Balaban J connectivity index is 1.55. The molecule has 0 radical (unpaired) electrons. The van der Waals surface area contributed by atoms with Gasteiger partial charge in [-0.3, -0.25) is 9.80 Å². The van der Waals surface area contributed by atoms with Crippen LogP contribution in [0.25, 0.3) is 0 Å². The molecule has 4 nitrogen and oxygen atoms in total. The van der Waals surface area contributed by atoms with E-state index in [-0.39, 0.29) is 0 Å². The molecule has 0 amide bonds. The Hall–Kier alpha value is -0.160. The van der Waals surface area contributed by atoms with Crippen molar-refractivity contribution in [1.29, 1.82) is 0 Å². The fraction of sp³-hybridized carbons (Fsp3) is 1.00. The van der Waals surface area contributed by atoms with Crippen LogP contribution in [0, 0.1) is 0 Å². The first-order chi connectivity index (χ1) is 9.15. The van der Waals surface area contributed by atoms with Crippen molar-refractivity contribution in [2.45, 2.75) is 63.8 Å². The number of nitrogens with zero attached hydrogens (tertiary/aromatic N) is 2. The van der Waals surface area contributed by atoms with E-state index in [0.717, 1.165) is 38.4 Å². The van der Waals surface area contributed by atoms with Gasteiger partial charge in [-0.1, -0.05) is 0 Å². The van der Waals surface area contributed by atoms with E-state index >= 15 is 0 Å². The molecule has 19 heavy (non-hydrogen) atoms. The van der Waals surface area contributed by atoms with Crippen LogP contribution < -0.4 is 5.32 Å². The third-order valence-electron chi connectivity index (χ3n) is 5.22. The lowest BCUT2D eigenvalue weighted by Crippen LogP contribution is -2.55. The Morgan fingerprint density at radius 2 is 1.95 bits per heavy atom. The molecule has 0 aromatic carbocycles. The average molecular weight is 267 g/mol. The summed E-state index contributed by atoms with van der Waals surface area (Å²) in [4.78, 5) is 5.30. The molecule has 0 aromatic heterocycles. The van der Waals surface area contributed by atoms with Gasteiger partial charge in [0.25, 0.3) is 0 Å². The van der Waals surface area contributed by atoms with Crippen LogP contribution in [0.1, 0.15) is 33.6 Å². The predicted octanol–water partition coefficient (Wildman–Crippen LogP) is 0.920. The Morgan fingerprint density at radius 1 is 1.21 bits per heavy atom. The number of rotatable bonds is 4. The van der Waals surface area contributed by atoms with Crippen molar-refractivity contribution in [3.05, 3.63) is 0 Å². The van der Waals surface area contributed by atoms with Crippen molar-refractivity contribution in [1.82, 2.24) is 15.1 Å². The molecule has 110 valence electrons. The standard InChI is InChI=1S/C15H29N3O/c1-11(2)18-10-13-9-15(18)14(16-13)8-12(3)17-4-6-19-7-5-17/h11-16H,4-10H2,1-3H3. The fourth-order valence-electron chi connectivity index (χ4n) is 4.17. The second-order valence-electron chi connectivity index (χ2n) is 6.80. The molecule has 2 bridgehead atoms. The van der Waals surface area contributed by atoms with Crippen molar-refractivity contribution in [2.24, 2.45) is 0 Å². The van der Waals surface area contributed by atoms with E-state index in [1.165, 1.54) is 19.4 Å². The Kier molecular flexibility index (Phi) is 4.13. The van der Waals surface area contributed by atoms with E-state index < -0.39 is 0 Å². The van der Waals surface area contributed by atoms with Crippen molar-refractivity contribution < 1.29 is 4.74 Å². The fourth-order valence-corrected chi connectivity index (χ4v) is 4.17. The zero-order valence-electron chi connectivity index (χ0n) is 12.6. The van der Waals surface area contributed by atoms with E-state index in [1.807, 2.05) is 0 Å². The molecular weight excluding hydrogens is 238 g/mol. The lowest BCUT2D eigenvalue weighted by Gasteiger charge is -2.40. The van der Waals surface area contributed by atoms with Crippen LogP contribution >= 0.6 is 0 Å². The highest BCUT2D eigenvalue weighted by atomic mass is 16.5. The monoisotopic (exact) mass is 267 g/mol. The van der Waals surface area contributed by atoms with E-state index in [0.29, 0.717) is 18.1 Å². The maximum atomic E-state index is 5.45. The number of ether oxygens (including phenoxy) is 1. The number of likely N-dealkylation sites (tertiary alicyclic amines) is 1. The van der Waals surface area contributed by atoms with Crippen LogP contribution in [-0.4, -0.2) is 72.9 Å². The molecule has 0 spiro atoms. The van der Waals surface area contributed by atoms with E-state index in [1.54, 1.807) is 0 Å². The molecule has 0 aromatic rings. The Bertz CT molecular complexity index is 304. The van der Waals surface area contributed by atoms with Gasteiger partial charge < -0.3 is 10.1 Å². The molecule has 4 unspecified atom stereocenters. The van der Waals surface area contributed by atoms with Crippen LogP contribution in [0.5, 0.6) is 0 Å². The molecule has 3 heterocycles. The highest BCUT2D eigenvalue weighted by Crippen LogP contribution is 2.32. The molecule has 3 rings (SSSR count). The Labute approximate surface area is 117 Å². The number of hydrogen-bond acceptors (Lipinski definition) is 4.